The van der Waals surface area contributed by atoms with Crippen LogP contribution in [0.2, 0.25) is 0 Å². The Kier molecular flexibility index (Phi) is 3.01. The zero-order valence-electron chi connectivity index (χ0n) is 12.4. The van der Waals surface area contributed by atoms with Crippen LogP contribution < -0.4 is 4.90 Å². The van der Waals surface area contributed by atoms with Crippen molar-refractivity contribution in [2.24, 2.45) is 0 Å². The van der Waals surface area contributed by atoms with Gasteiger partial charge in [-0.25, -0.2) is 4.98 Å². The van der Waals surface area contributed by atoms with E-state index in [1.807, 2.05) is 18.2 Å². The Morgan fingerprint density at radius 2 is 1.68 bits per heavy atom. The minimum absolute atomic E-state index is 0.976. The number of para-hydroxylation sites is 2. The van der Waals surface area contributed by atoms with Crippen LogP contribution in [0.1, 0.15) is 11.3 Å². The van der Waals surface area contributed by atoms with Crippen molar-refractivity contribution in [2.75, 3.05) is 11.9 Å². The summed E-state index contributed by atoms with van der Waals surface area (Å²) in [7, 11) is 2.09. The van der Waals surface area contributed by atoms with Crippen LogP contribution in [-0.4, -0.2) is 12.0 Å². The highest BCUT2D eigenvalue weighted by atomic mass is 15.1. The van der Waals surface area contributed by atoms with Gasteiger partial charge in [0.25, 0.3) is 0 Å². The quantitative estimate of drug-likeness (QED) is 0.641. The first-order chi connectivity index (χ1) is 10.8. The van der Waals surface area contributed by atoms with Gasteiger partial charge in [0.2, 0.25) is 0 Å². The summed E-state index contributed by atoms with van der Waals surface area (Å²) in [5, 5.41) is 1.17. The van der Waals surface area contributed by atoms with E-state index in [9.17, 15) is 0 Å². The van der Waals surface area contributed by atoms with Gasteiger partial charge >= 0.3 is 0 Å². The van der Waals surface area contributed by atoms with E-state index in [1.165, 1.54) is 16.6 Å². The topological polar surface area (TPSA) is 16.1 Å². The van der Waals surface area contributed by atoms with Gasteiger partial charge in [0.05, 0.1) is 11.2 Å². The molecule has 0 unspecified atom stereocenters. The largest absolute Gasteiger partial charge is 0.344 e. The molecule has 0 N–H and O–H groups in total. The Morgan fingerprint density at radius 3 is 2.64 bits per heavy atom. The number of aromatic nitrogens is 1. The van der Waals surface area contributed by atoms with Crippen molar-refractivity contribution in [1.82, 2.24) is 4.98 Å². The standard InChI is InChI=1S/C20H16N2/c1-22-18(13-11-16-7-3-5-9-20(16)22)14-17-12-10-15-6-2-4-8-19(15)21-17/h2-14H,1H3. The van der Waals surface area contributed by atoms with Crippen molar-refractivity contribution in [2.45, 2.75) is 0 Å². The normalized spacial score (nSPS) is 15.3. The fourth-order valence-electron chi connectivity index (χ4n) is 2.82. The van der Waals surface area contributed by atoms with E-state index in [1.54, 1.807) is 0 Å². The lowest BCUT2D eigenvalue weighted by molar-refractivity contribution is 1.13. The van der Waals surface area contributed by atoms with Crippen LogP contribution in [0.15, 0.2) is 72.4 Å². The number of likely N-dealkylation sites (N-methyl/N-ethyl adjacent to an activating group) is 1. The zero-order chi connectivity index (χ0) is 14.9. The third-order valence-corrected chi connectivity index (χ3v) is 4.03. The molecule has 106 valence electrons. The van der Waals surface area contributed by atoms with Gasteiger partial charge in [-0.15, -0.1) is 0 Å². The summed E-state index contributed by atoms with van der Waals surface area (Å²) in [4.78, 5) is 6.92. The SMILES string of the molecule is CN1C(=Cc2ccc3ccccc3n2)C=Cc2ccccc21. The summed E-state index contributed by atoms with van der Waals surface area (Å²) in [5.74, 6) is 0. The zero-order valence-corrected chi connectivity index (χ0v) is 12.4. The van der Waals surface area contributed by atoms with Crippen LogP contribution in [-0.2, 0) is 0 Å². The molecule has 0 saturated heterocycles. The second-order valence-electron chi connectivity index (χ2n) is 5.45. The Morgan fingerprint density at radius 1 is 0.864 bits per heavy atom. The van der Waals surface area contributed by atoms with E-state index in [4.69, 9.17) is 4.98 Å². The van der Waals surface area contributed by atoms with Gasteiger partial charge in [0.1, 0.15) is 0 Å². The van der Waals surface area contributed by atoms with Crippen molar-refractivity contribution in [3.63, 3.8) is 0 Å². The van der Waals surface area contributed by atoms with Gasteiger partial charge in [-0.3, -0.25) is 0 Å². The summed E-state index contributed by atoms with van der Waals surface area (Å²) in [6, 6.07) is 20.8. The van der Waals surface area contributed by atoms with E-state index in [0.717, 1.165) is 16.9 Å². The Labute approximate surface area is 130 Å². The summed E-state index contributed by atoms with van der Waals surface area (Å²) >= 11 is 0. The molecule has 22 heavy (non-hydrogen) atoms. The Hall–Kier alpha value is -2.87. The summed E-state index contributed by atoms with van der Waals surface area (Å²) in [6.45, 7) is 0. The molecule has 1 aliphatic heterocycles. The monoisotopic (exact) mass is 284 g/mol. The molecule has 0 bridgehead atoms. The molecule has 0 spiro atoms. The number of benzene rings is 2. The second kappa shape index (κ2) is 5.15. The molecule has 3 aromatic rings. The van der Waals surface area contributed by atoms with Crippen LogP contribution in [0, 0.1) is 0 Å². The van der Waals surface area contributed by atoms with Crippen LogP contribution in [0.5, 0.6) is 0 Å². The van der Waals surface area contributed by atoms with Gasteiger partial charge in [-0.2, -0.15) is 0 Å². The molecule has 2 nitrogen and oxygen atoms in total. The highest BCUT2D eigenvalue weighted by molar-refractivity contribution is 5.82. The molecule has 0 atom stereocenters. The van der Waals surface area contributed by atoms with E-state index < -0.39 is 0 Å². The smallest absolute Gasteiger partial charge is 0.0709 e. The van der Waals surface area contributed by atoms with Crippen LogP contribution in [0.3, 0.4) is 0 Å². The second-order valence-corrected chi connectivity index (χ2v) is 5.45. The number of hydrogen-bond donors (Lipinski definition) is 0. The summed E-state index contributed by atoms with van der Waals surface area (Å²) in [6.07, 6.45) is 6.42. The molecule has 1 aliphatic rings. The van der Waals surface area contributed by atoms with Gasteiger partial charge in [-0.1, -0.05) is 48.5 Å². The average molecular weight is 284 g/mol. The molecule has 1 aromatic heterocycles. The molecule has 0 amide bonds. The van der Waals surface area contributed by atoms with Crippen molar-refractivity contribution >= 4 is 28.7 Å². The highest BCUT2D eigenvalue weighted by Gasteiger charge is 2.12. The molecule has 2 heteroatoms. The molecule has 2 aromatic carbocycles. The third kappa shape index (κ3) is 2.19. The number of pyridine rings is 1. The summed E-state index contributed by atoms with van der Waals surface area (Å²) in [5.41, 5.74) is 5.61. The van der Waals surface area contributed by atoms with E-state index in [-0.39, 0.29) is 0 Å². The van der Waals surface area contributed by atoms with Crippen molar-refractivity contribution in [3.05, 3.63) is 83.7 Å². The van der Waals surface area contributed by atoms with Crippen LogP contribution >= 0.6 is 0 Å². The van der Waals surface area contributed by atoms with E-state index in [0.29, 0.717) is 0 Å². The first-order valence-electron chi connectivity index (χ1n) is 7.40. The minimum Gasteiger partial charge on any atom is -0.344 e. The maximum absolute atomic E-state index is 4.72. The summed E-state index contributed by atoms with van der Waals surface area (Å²) < 4.78 is 0. The molecule has 0 saturated carbocycles. The number of rotatable bonds is 1. The predicted octanol–water partition coefficient (Wildman–Crippen LogP) is 4.74. The van der Waals surface area contributed by atoms with Crippen LogP contribution in [0.4, 0.5) is 5.69 Å². The van der Waals surface area contributed by atoms with Gasteiger partial charge in [-0.05, 0) is 35.9 Å². The highest BCUT2D eigenvalue weighted by Crippen LogP contribution is 2.30. The number of nitrogens with zero attached hydrogens (tertiary/aromatic N) is 2. The number of fused-ring (bicyclic) bond motifs is 2. The van der Waals surface area contributed by atoms with Crippen molar-refractivity contribution in [3.8, 4) is 0 Å². The molecular formula is C20H16N2. The van der Waals surface area contributed by atoms with Gasteiger partial charge < -0.3 is 4.90 Å². The fraction of sp³-hybridized carbons (Fsp3) is 0.0500. The van der Waals surface area contributed by atoms with Crippen molar-refractivity contribution < 1.29 is 0 Å². The maximum Gasteiger partial charge on any atom is 0.0709 e. The number of anilines is 1. The molecule has 0 aliphatic carbocycles. The van der Waals surface area contributed by atoms with Crippen LogP contribution in [0.25, 0.3) is 23.1 Å². The molecule has 0 radical (unpaired) electrons. The first-order valence-corrected chi connectivity index (χ1v) is 7.40. The first kappa shape index (κ1) is 12.8. The molecule has 0 fully saturated rings. The van der Waals surface area contributed by atoms with Gasteiger partial charge in [0.15, 0.2) is 0 Å². The molecule has 4 rings (SSSR count). The molecular weight excluding hydrogens is 268 g/mol. The molecule has 2 heterocycles. The third-order valence-electron chi connectivity index (χ3n) is 4.03. The predicted molar refractivity (Wildman–Crippen MR) is 93.6 cm³/mol. The van der Waals surface area contributed by atoms with E-state index >= 15 is 0 Å². The number of hydrogen-bond acceptors (Lipinski definition) is 2. The lowest BCUT2D eigenvalue weighted by atomic mass is 10.1. The minimum atomic E-state index is 0.976. The Bertz CT molecular complexity index is 906. The lowest BCUT2D eigenvalue weighted by Gasteiger charge is -2.26. The lowest BCUT2D eigenvalue weighted by Crippen LogP contribution is -2.18. The van der Waals surface area contributed by atoms with E-state index in [2.05, 4.69) is 72.6 Å². The Balaban J connectivity index is 1.76. The average Bonchev–Trinajstić information content (AvgIpc) is 2.57. The van der Waals surface area contributed by atoms with Crippen molar-refractivity contribution in [1.29, 1.82) is 0 Å². The number of allylic oxidation sites excluding steroid dienone is 1. The van der Waals surface area contributed by atoms with Gasteiger partial charge in [0, 0.05) is 23.8 Å². The fourth-order valence-corrected chi connectivity index (χ4v) is 2.82. The maximum atomic E-state index is 4.72.